The van der Waals surface area contributed by atoms with Crippen LogP contribution in [0.3, 0.4) is 0 Å². The van der Waals surface area contributed by atoms with E-state index in [1.54, 1.807) is 12.1 Å². The van der Waals surface area contributed by atoms with E-state index in [1.165, 1.54) is 6.92 Å². The van der Waals surface area contributed by atoms with Crippen LogP contribution in [0, 0.1) is 0 Å². The van der Waals surface area contributed by atoms with Gasteiger partial charge >= 0.3 is 5.97 Å². The van der Waals surface area contributed by atoms with Crippen molar-refractivity contribution in [3.63, 3.8) is 0 Å². The Hall–Kier alpha value is -2.20. The normalized spacial score (nSPS) is 17.4. The Morgan fingerprint density at radius 2 is 2.28 bits per heavy atom. The molecule has 25 heavy (non-hydrogen) atoms. The number of amides is 1. The molecule has 1 atom stereocenters. The number of azo groups is 1. The number of H-pyrrole nitrogens is 1. The number of aliphatic imine (C=N–C) groups is 1. The lowest BCUT2D eigenvalue weighted by atomic mass is 10.2. The molecule has 0 spiro atoms. The summed E-state index contributed by atoms with van der Waals surface area (Å²) in [5.74, 6) is -0.840. The Morgan fingerprint density at radius 1 is 1.48 bits per heavy atom. The van der Waals surface area contributed by atoms with Crippen molar-refractivity contribution in [1.82, 2.24) is 4.98 Å². The van der Waals surface area contributed by atoms with Crippen LogP contribution in [0.25, 0.3) is 10.9 Å². The third-order valence-corrected chi connectivity index (χ3v) is 4.96. The second-order valence-electron chi connectivity index (χ2n) is 5.18. The molecule has 8 nitrogen and oxygen atoms in total. The molecule has 0 aliphatic carbocycles. The Labute approximate surface area is 154 Å². The van der Waals surface area contributed by atoms with Crippen molar-refractivity contribution >= 4 is 61.3 Å². The van der Waals surface area contributed by atoms with Crippen LogP contribution in [0.1, 0.15) is 13.3 Å². The largest absolute Gasteiger partial charge is 0.493 e. The Morgan fingerprint density at radius 3 is 3.04 bits per heavy atom. The van der Waals surface area contributed by atoms with Crippen molar-refractivity contribution in [3.05, 3.63) is 22.7 Å². The summed E-state index contributed by atoms with van der Waals surface area (Å²) >= 11 is 4.52. The molecule has 0 fully saturated rings. The molecular weight excluding hydrogens is 412 g/mol. The molecule has 2 heterocycles. The number of hydrogen-bond donors (Lipinski definition) is 2. The molecule has 10 heteroatoms. The molecule has 2 N–H and O–H groups in total. The minimum absolute atomic E-state index is 0.113. The number of ether oxygens (including phenoxy) is 1. The van der Waals surface area contributed by atoms with Gasteiger partial charge in [-0.2, -0.15) is 4.99 Å². The number of aromatic amines is 1. The van der Waals surface area contributed by atoms with Gasteiger partial charge in [-0.3, -0.25) is 9.59 Å². The minimum atomic E-state index is -0.445. The number of nitrogens with one attached hydrogen (secondary N) is 1. The second-order valence-corrected chi connectivity index (χ2v) is 7.27. The number of rotatable bonds is 4. The van der Waals surface area contributed by atoms with Crippen LogP contribution >= 0.6 is 27.7 Å². The van der Waals surface area contributed by atoms with Crippen LogP contribution in [0.15, 0.2) is 37.9 Å². The fraction of sp³-hybridized carbons (Fsp3) is 0.267. The highest BCUT2D eigenvalue weighted by atomic mass is 79.9. The van der Waals surface area contributed by atoms with Gasteiger partial charge in [0.2, 0.25) is 11.0 Å². The number of benzene rings is 1. The zero-order valence-corrected chi connectivity index (χ0v) is 15.4. The SMILES string of the molecule is CC(=O)OCCC1SC(N=Nc2c(O)[nH]c3ccc(Br)cc23)=NC1=O. The summed E-state index contributed by atoms with van der Waals surface area (Å²) in [4.78, 5) is 29.2. The molecule has 0 bridgehead atoms. The maximum Gasteiger partial charge on any atom is 0.302 e. The zero-order chi connectivity index (χ0) is 18.0. The lowest BCUT2D eigenvalue weighted by molar-refractivity contribution is -0.141. The van der Waals surface area contributed by atoms with E-state index in [1.807, 2.05) is 6.07 Å². The van der Waals surface area contributed by atoms with Gasteiger partial charge in [0.05, 0.1) is 17.4 Å². The standard InChI is InChI=1S/C15H13BrN4O4S/c1-7(21)24-5-4-11-13(22)18-15(25-11)20-19-12-9-6-8(16)2-3-10(9)17-14(12)23/h2-3,6,11,17,23H,4-5H2,1H3. The first-order valence-electron chi connectivity index (χ1n) is 7.28. The smallest absolute Gasteiger partial charge is 0.302 e. The molecule has 1 amide bonds. The first-order chi connectivity index (χ1) is 11.9. The summed E-state index contributed by atoms with van der Waals surface area (Å²) in [6.07, 6.45) is 0.358. The molecule has 0 radical (unpaired) electrons. The first-order valence-corrected chi connectivity index (χ1v) is 8.96. The molecule has 1 aliphatic heterocycles. The molecule has 2 aromatic rings. The number of fused-ring (bicyclic) bond motifs is 1. The Balaban J connectivity index is 1.72. The van der Waals surface area contributed by atoms with Crippen molar-refractivity contribution in [2.75, 3.05) is 6.61 Å². The second kappa shape index (κ2) is 7.36. The number of carbonyl (C=O) groups is 2. The minimum Gasteiger partial charge on any atom is -0.493 e. The predicted octanol–water partition coefficient (Wildman–Crippen LogP) is 3.67. The number of carbonyl (C=O) groups excluding carboxylic acids is 2. The van der Waals surface area contributed by atoms with Gasteiger partial charge in [0.1, 0.15) is 0 Å². The molecule has 130 valence electrons. The number of aromatic hydroxyl groups is 1. The third-order valence-electron chi connectivity index (χ3n) is 3.36. The van der Waals surface area contributed by atoms with E-state index in [-0.39, 0.29) is 29.2 Å². The molecule has 3 rings (SSSR count). The number of aromatic nitrogens is 1. The van der Waals surface area contributed by atoms with Gasteiger partial charge in [0, 0.05) is 23.2 Å². The number of halogens is 1. The molecular formula is C15H13BrN4O4S. The maximum absolute atomic E-state index is 11.8. The third kappa shape index (κ3) is 4.07. The first kappa shape index (κ1) is 17.6. The van der Waals surface area contributed by atoms with Gasteiger partial charge in [-0.1, -0.05) is 27.7 Å². The predicted molar refractivity (Wildman–Crippen MR) is 97.3 cm³/mol. The molecule has 0 saturated heterocycles. The van der Waals surface area contributed by atoms with Gasteiger partial charge < -0.3 is 14.8 Å². The molecule has 1 unspecified atom stereocenters. The van der Waals surface area contributed by atoms with E-state index < -0.39 is 11.2 Å². The van der Waals surface area contributed by atoms with Gasteiger partial charge in [-0.05, 0) is 18.2 Å². The summed E-state index contributed by atoms with van der Waals surface area (Å²) in [6, 6.07) is 5.44. The molecule has 0 saturated carbocycles. The summed E-state index contributed by atoms with van der Waals surface area (Å²) in [5.41, 5.74) is 0.987. The summed E-state index contributed by atoms with van der Waals surface area (Å²) in [6.45, 7) is 1.46. The van der Waals surface area contributed by atoms with Gasteiger partial charge in [-0.15, -0.1) is 10.2 Å². The fourth-order valence-electron chi connectivity index (χ4n) is 2.24. The molecule has 1 aliphatic rings. The highest BCUT2D eigenvalue weighted by molar-refractivity contribution is 9.10. The van der Waals surface area contributed by atoms with E-state index >= 15 is 0 Å². The Kier molecular flexibility index (Phi) is 5.19. The van der Waals surface area contributed by atoms with Crippen LogP contribution < -0.4 is 0 Å². The number of thioether (sulfide) groups is 1. The lowest BCUT2D eigenvalue weighted by Crippen LogP contribution is -2.14. The van der Waals surface area contributed by atoms with Gasteiger partial charge in [0.25, 0.3) is 5.91 Å². The highest BCUT2D eigenvalue weighted by Crippen LogP contribution is 2.37. The van der Waals surface area contributed by atoms with Crippen molar-refractivity contribution < 1.29 is 19.4 Å². The fourth-order valence-corrected chi connectivity index (χ4v) is 3.45. The maximum atomic E-state index is 11.8. The van der Waals surface area contributed by atoms with Gasteiger partial charge in [0.15, 0.2) is 5.69 Å². The van der Waals surface area contributed by atoms with Crippen LogP contribution in [0.4, 0.5) is 5.69 Å². The van der Waals surface area contributed by atoms with E-state index in [4.69, 9.17) is 4.74 Å². The number of esters is 1. The van der Waals surface area contributed by atoms with Crippen LogP contribution in [-0.2, 0) is 14.3 Å². The van der Waals surface area contributed by atoms with E-state index in [2.05, 4.69) is 36.1 Å². The van der Waals surface area contributed by atoms with Crippen molar-refractivity contribution in [3.8, 4) is 5.88 Å². The summed E-state index contributed by atoms with van der Waals surface area (Å²) in [7, 11) is 0. The van der Waals surface area contributed by atoms with Crippen LogP contribution in [0.5, 0.6) is 5.88 Å². The average Bonchev–Trinajstić information content (AvgIpc) is 3.04. The van der Waals surface area contributed by atoms with E-state index in [0.717, 1.165) is 16.2 Å². The van der Waals surface area contributed by atoms with Gasteiger partial charge in [-0.25, -0.2) is 0 Å². The monoisotopic (exact) mass is 424 g/mol. The quantitative estimate of drug-likeness (QED) is 0.573. The number of nitrogens with zero attached hydrogens (tertiary/aromatic N) is 3. The number of hydrogen-bond acceptors (Lipinski definition) is 7. The van der Waals surface area contributed by atoms with Crippen molar-refractivity contribution in [2.24, 2.45) is 15.2 Å². The highest BCUT2D eigenvalue weighted by Gasteiger charge is 2.28. The zero-order valence-electron chi connectivity index (χ0n) is 13.0. The van der Waals surface area contributed by atoms with Crippen molar-refractivity contribution in [1.29, 1.82) is 0 Å². The molecule has 1 aromatic carbocycles. The topological polar surface area (TPSA) is 116 Å². The van der Waals surface area contributed by atoms with E-state index in [9.17, 15) is 14.7 Å². The molecule has 1 aromatic heterocycles. The number of amidine groups is 1. The summed E-state index contributed by atoms with van der Waals surface area (Å²) in [5, 5.41) is 18.4. The van der Waals surface area contributed by atoms with Crippen molar-refractivity contribution in [2.45, 2.75) is 18.6 Å². The van der Waals surface area contributed by atoms with E-state index in [0.29, 0.717) is 17.3 Å². The summed E-state index contributed by atoms with van der Waals surface area (Å²) < 4.78 is 5.67. The van der Waals surface area contributed by atoms with Crippen LogP contribution in [-0.4, -0.2) is 39.0 Å². The average molecular weight is 425 g/mol. The van der Waals surface area contributed by atoms with Crippen LogP contribution in [0.2, 0.25) is 0 Å². The lowest BCUT2D eigenvalue weighted by Gasteiger charge is -2.05. The Bertz CT molecular complexity index is 908.